The van der Waals surface area contributed by atoms with Gasteiger partial charge in [0.05, 0.1) is 22.3 Å². The van der Waals surface area contributed by atoms with Crippen molar-refractivity contribution in [1.82, 2.24) is 14.9 Å². The third-order valence-electron chi connectivity index (χ3n) is 3.44. The topological polar surface area (TPSA) is 72.4 Å². The van der Waals surface area contributed by atoms with Crippen molar-refractivity contribution in [1.29, 1.82) is 0 Å². The normalized spacial score (nSPS) is 10.6. The van der Waals surface area contributed by atoms with Crippen LogP contribution in [0.2, 0.25) is 5.15 Å². The van der Waals surface area contributed by atoms with Crippen LogP contribution in [0.5, 0.6) is 0 Å². The van der Waals surface area contributed by atoms with Crippen LogP contribution in [-0.4, -0.2) is 40.4 Å². The number of hydrogen-bond acceptors (Lipinski definition) is 6. The molecule has 0 saturated carbocycles. The summed E-state index contributed by atoms with van der Waals surface area (Å²) in [6.45, 7) is -0.0190. The lowest BCUT2D eigenvalue weighted by molar-refractivity contribution is -0.133. The monoisotopic (exact) mass is 375 g/mol. The second kappa shape index (κ2) is 7.58. The van der Waals surface area contributed by atoms with Gasteiger partial charge < -0.3 is 9.64 Å². The number of carbonyl (C=O) groups excluding carboxylic acids is 2. The summed E-state index contributed by atoms with van der Waals surface area (Å²) in [7, 11) is 1.64. The second-order valence-corrected chi connectivity index (χ2v) is 6.72. The Labute approximate surface area is 153 Å². The summed E-state index contributed by atoms with van der Waals surface area (Å²) in [4.78, 5) is 33.9. The van der Waals surface area contributed by atoms with Gasteiger partial charge in [0.2, 0.25) is 0 Å². The van der Waals surface area contributed by atoms with Gasteiger partial charge in [-0.3, -0.25) is 4.79 Å². The van der Waals surface area contributed by atoms with E-state index in [4.69, 9.17) is 16.3 Å². The average Bonchev–Trinajstić information content (AvgIpc) is 3.01. The Morgan fingerprint density at radius 2 is 2.04 bits per heavy atom. The molecule has 0 aliphatic heterocycles. The first-order chi connectivity index (χ1) is 12.0. The van der Waals surface area contributed by atoms with E-state index in [1.807, 2.05) is 24.3 Å². The van der Waals surface area contributed by atoms with Crippen LogP contribution >= 0.6 is 22.9 Å². The molecule has 0 aliphatic rings. The Balaban J connectivity index is 1.57. The Morgan fingerprint density at radius 3 is 2.80 bits per heavy atom. The number of amides is 1. The molecule has 0 bridgehead atoms. The molecule has 3 rings (SSSR count). The van der Waals surface area contributed by atoms with Gasteiger partial charge in [-0.1, -0.05) is 23.7 Å². The molecule has 0 N–H and O–H groups in total. The highest BCUT2D eigenvalue weighted by Gasteiger charge is 2.17. The fourth-order valence-corrected chi connectivity index (χ4v) is 3.35. The summed E-state index contributed by atoms with van der Waals surface area (Å²) in [6.07, 6.45) is 1.47. The third kappa shape index (κ3) is 4.12. The van der Waals surface area contributed by atoms with E-state index in [9.17, 15) is 9.59 Å². The molecule has 128 valence electrons. The van der Waals surface area contributed by atoms with Crippen molar-refractivity contribution in [3.8, 4) is 0 Å². The number of ether oxygens (including phenoxy) is 1. The molecule has 0 unspecified atom stereocenters. The van der Waals surface area contributed by atoms with E-state index in [0.29, 0.717) is 6.54 Å². The Hall–Kier alpha value is -2.51. The van der Waals surface area contributed by atoms with Crippen LogP contribution in [0.25, 0.3) is 10.2 Å². The lowest BCUT2D eigenvalue weighted by Crippen LogP contribution is -2.30. The van der Waals surface area contributed by atoms with Crippen molar-refractivity contribution >= 4 is 45.0 Å². The molecule has 0 saturated heterocycles. The molecule has 6 nitrogen and oxygen atoms in total. The fraction of sp³-hybridized carbons (Fsp3) is 0.176. The minimum absolute atomic E-state index is 0.0442. The number of hydrogen-bond donors (Lipinski definition) is 0. The maximum Gasteiger partial charge on any atom is 0.341 e. The number of benzene rings is 1. The Bertz CT molecular complexity index is 895. The highest BCUT2D eigenvalue weighted by molar-refractivity contribution is 7.18. The Morgan fingerprint density at radius 1 is 1.24 bits per heavy atom. The zero-order chi connectivity index (χ0) is 17.8. The molecule has 1 aromatic carbocycles. The van der Waals surface area contributed by atoms with Crippen molar-refractivity contribution in [2.45, 2.75) is 6.54 Å². The van der Waals surface area contributed by atoms with Gasteiger partial charge in [0, 0.05) is 13.2 Å². The van der Waals surface area contributed by atoms with E-state index >= 15 is 0 Å². The first kappa shape index (κ1) is 17.3. The lowest BCUT2D eigenvalue weighted by atomic mass is 10.3. The van der Waals surface area contributed by atoms with E-state index in [1.165, 1.54) is 28.5 Å². The van der Waals surface area contributed by atoms with Gasteiger partial charge in [-0.15, -0.1) is 11.3 Å². The largest absolute Gasteiger partial charge is 0.452 e. The summed E-state index contributed by atoms with van der Waals surface area (Å²) in [5, 5.41) is 0.862. The molecule has 0 atom stereocenters. The van der Waals surface area contributed by atoms with E-state index in [1.54, 1.807) is 13.1 Å². The maximum atomic E-state index is 12.2. The number of nitrogens with zero attached hydrogens (tertiary/aromatic N) is 3. The van der Waals surface area contributed by atoms with Gasteiger partial charge >= 0.3 is 5.97 Å². The number of carbonyl (C=O) groups is 2. The highest BCUT2D eigenvalue weighted by Crippen LogP contribution is 2.22. The summed E-state index contributed by atoms with van der Waals surface area (Å²) < 4.78 is 6.08. The van der Waals surface area contributed by atoms with E-state index in [0.717, 1.165) is 15.2 Å². The van der Waals surface area contributed by atoms with Crippen LogP contribution in [0, 0.1) is 0 Å². The highest BCUT2D eigenvalue weighted by atomic mass is 35.5. The van der Waals surface area contributed by atoms with E-state index < -0.39 is 5.97 Å². The standard InChI is InChI=1S/C17H14ClN3O3S/c1-21(9-14-20-12-6-2-3-7-13(12)25-14)15(22)10-24-17(23)11-5-4-8-19-16(11)18/h2-8H,9-10H2,1H3. The van der Waals surface area contributed by atoms with Crippen LogP contribution in [0.3, 0.4) is 0 Å². The molecule has 8 heteroatoms. The summed E-state index contributed by atoms with van der Waals surface area (Å²) >= 11 is 7.36. The maximum absolute atomic E-state index is 12.2. The molecule has 25 heavy (non-hydrogen) atoms. The van der Waals surface area contributed by atoms with Crippen molar-refractivity contribution in [2.24, 2.45) is 0 Å². The molecule has 1 amide bonds. The van der Waals surface area contributed by atoms with Gasteiger partial charge in [-0.05, 0) is 24.3 Å². The fourth-order valence-electron chi connectivity index (χ4n) is 2.13. The number of halogens is 1. The van der Waals surface area contributed by atoms with Crippen LogP contribution in [0.1, 0.15) is 15.4 Å². The summed E-state index contributed by atoms with van der Waals surface area (Å²) in [5.74, 6) is -1.01. The molecule has 2 heterocycles. The molecule has 0 fully saturated rings. The van der Waals surface area contributed by atoms with Crippen LogP contribution < -0.4 is 0 Å². The van der Waals surface area contributed by atoms with E-state index in [-0.39, 0.29) is 23.2 Å². The Kier molecular flexibility index (Phi) is 5.25. The third-order valence-corrected chi connectivity index (χ3v) is 4.76. The number of fused-ring (bicyclic) bond motifs is 1. The quantitative estimate of drug-likeness (QED) is 0.506. The van der Waals surface area contributed by atoms with Gasteiger partial charge in [-0.25, -0.2) is 14.8 Å². The molecular weight excluding hydrogens is 362 g/mol. The number of para-hydroxylation sites is 1. The van der Waals surface area contributed by atoms with Gasteiger partial charge in [0.1, 0.15) is 10.2 Å². The number of aromatic nitrogens is 2. The minimum atomic E-state index is -0.681. The number of pyridine rings is 1. The molecular formula is C17H14ClN3O3S. The number of likely N-dealkylation sites (N-methyl/N-ethyl adjacent to an activating group) is 1. The van der Waals surface area contributed by atoms with Gasteiger partial charge in [0.25, 0.3) is 5.91 Å². The SMILES string of the molecule is CN(Cc1nc2ccccc2s1)C(=O)COC(=O)c1cccnc1Cl. The number of rotatable bonds is 5. The zero-order valence-corrected chi connectivity index (χ0v) is 14.9. The summed E-state index contributed by atoms with van der Waals surface area (Å²) in [5.41, 5.74) is 1.03. The molecule has 0 aliphatic carbocycles. The van der Waals surface area contributed by atoms with Crippen molar-refractivity contribution in [2.75, 3.05) is 13.7 Å². The average molecular weight is 376 g/mol. The van der Waals surface area contributed by atoms with Gasteiger partial charge in [0.15, 0.2) is 6.61 Å². The lowest BCUT2D eigenvalue weighted by Gasteiger charge is -2.15. The first-order valence-corrected chi connectivity index (χ1v) is 8.60. The van der Waals surface area contributed by atoms with Crippen molar-refractivity contribution in [3.63, 3.8) is 0 Å². The summed E-state index contributed by atoms with van der Waals surface area (Å²) in [6, 6.07) is 10.8. The second-order valence-electron chi connectivity index (χ2n) is 5.24. The molecule has 0 radical (unpaired) electrons. The molecule has 3 aromatic rings. The van der Waals surface area contributed by atoms with Crippen LogP contribution in [-0.2, 0) is 16.1 Å². The first-order valence-electron chi connectivity index (χ1n) is 7.40. The van der Waals surface area contributed by atoms with Crippen molar-refractivity contribution < 1.29 is 14.3 Å². The van der Waals surface area contributed by atoms with Gasteiger partial charge in [-0.2, -0.15) is 0 Å². The molecule has 2 aromatic heterocycles. The smallest absolute Gasteiger partial charge is 0.341 e. The zero-order valence-electron chi connectivity index (χ0n) is 13.3. The van der Waals surface area contributed by atoms with E-state index in [2.05, 4.69) is 9.97 Å². The predicted octanol–water partition coefficient (Wildman–Crippen LogP) is 3.16. The van der Waals surface area contributed by atoms with Crippen molar-refractivity contribution in [3.05, 3.63) is 58.3 Å². The number of thiazole rings is 1. The van der Waals surface area contributed by atoms with Crippen LogP contribution in [0.15, 0.2) is 42.6 Å². The minimum Gasteiger partial charge on any atom is -0.452 e. The number of esters is 1. The van der Waals surface area contributed by atoms with Crippen LogP contribution in [0.4, 0.5) is 0 Å². The molecule has 0 spiro atoms. The predicted molar refractivity (Wildman–Crippen MR) is 95.6 cm³/mol.